The smallest absolute Gasteiger partial charge is 0.306 e. The van der Waals surface area contributed by atoms with Gasteiger partial charge in [-0.05, 0) is 12.8 Å². The van der Waals surface area contributed by atoms with Gasteiger partial charge >= 0.3 is 11.9 Å². The summed E-state index contributed by atoms with van der Waals surface area (Å²) in [6, 6.07) is 0. The van der Waals surface area contributed by atoms with Gasteiger partial charge in [0.1, 0.15) is 0 Å². The van der Waals surface area contributed by atoms with E-state index < -0.39 is 17.4 Å². The molecule has 0 aromatic rings. The lowest BCUT2D eigenvalue weighted by molar-refractivity contribution is -0.153. The van der Waals surface area contributed by atoms with Gasteiger partial charge in [-0.3, -0.25) is 19.2 Å². The predicted molar refractivity (Wildman–Crippen MR) is 98.7 cm³/mol. The lowest BCUT2D eigenvalue weighted by atomic mass is 9.96. The Balaban J connectivity index is 2.51. The molecule has 2 N–H and O–H groups in total. The molecule has 1 saturated heterocycles. The van der Waals surface area contributed by atoms with Crippen molar-refractivity contribution in [2.45, 2.75) is 65.2 Å². The molecule has 0 aliphatic carbocycles. The number of nitrogens with one attached hydrogen (secondary N) is 2. The van der Waals surface area contributed by atoms with E-state index in [2.05, 4.69) is 10.6 Å². The molecule has 0 spiro atoms. The van der Waals surface area contributed by atoms with Gasteiger partial charge in [-0.25, -0.2) is 0 Å². The molecule has 27 heavy (non-hydrogen) atoms. The fraction of sp³-hybridized carbons (Fsp3) is 0.789. The van der Waals surface area contributed by atoms with Gasteiger partial charge in [0.25, 0.3) is 0 Å². The highest BCUT2D eigenvalue weighted by Gasteiger charge is 2.23. The van der Waals surface area contributed by atoms with Crippen LogP contribution in [0.3, 0.4) is 0 Å². The maximum atomic E-state index is 11.8. The Labute approximate surface area is 160 Å². The van der Waals surface area contributed by atoms with Crippen molar-refractivity contribution in [1.29, 1.82) is 0 Å². The maximum Gasteiger partial charge on any atom is 0.306 e. The zero-order chi connectivity index (χ0) is 20.1. The monoisotopic (exact) mass is 384 g/mol. The fourth-order valence-corrected chi connectivity index (χ4v) is 2.40. The number of amides is 2. The van der Waals surface area contributed by atoms with Crippen LogP contribution >= 0.6 is 0 Å². The Bertz CT molecular complexity index is 474. The van der Waals surface area contributed by atoms with Gasteiger partial charge in [0.15, 0.2) is 0 Å². The summed E-state index contributed by atoms with van der Waals surface area (Å²) in [6.07, 6.45) is 3.83. The topological polar surface area (TPSA) is 111 Å². The van der Waals surface area contributed by atoms with Crippen LogP contribution in [-0.2, 0) is 28.7 Å². The molecule has 0 bridgehead atoms. The van der Waals surface area contributed by atoms with Gasteiger partial charge in [-0.2, -0.15) is 0 Å². The predicted octanol–water partition coefficient (Wildman–Crippen LogP) is 1.47. The van der Waals surface area contributed by atoms with Crippen molar-refractivity contribution in [1.82, 2.24) is 10.6 Å². The van der Waals surface area contributed by atoms with E-state index in [1.165, 1.54) is 0 Å². The Kier molecular flexibility index (Phi) is 10.4. The number of cyclic esters (lactones) is 2. The van der Waals surface area contributed by atoms with Crippen LogP contribution in [0, 0.1) is 5.41 Å². The average molecular weight is 384 g/mol. The number of carbonyl (C=O) groups is 4. The Morgan fingerprint density at radius 2 is 1.07 bits per heavy atom. The number of esters is 2. The molecule has 1 aliphatic heterocycles. The molecule has 0 saturated carbocycles. The molecule has 1 fully saturated rings. The summed E-state index contributed by atoms with van der Waals surface area (Å²) in [6.45, 7) is 4.94. The first-order chi connectivity index (χ1) is 12.8. The van der Waals surface area contributed by atoms with Crippen molar-refractivity contribution in [3.05, 3.63) is 0 Å². The average Bonchev–Trinajstić information content (AvgIpc) is 2.63. The van der Waals surface area contributed by atoms with E-state index in [1.54, 1.807) is 0 Å². The van der Waals surface area contributed by atoms with Crippen LogP contribution in [0.5, 0.6) is 0 Å². The van der Waals surface area contributed by atoms with Crippen molar-refractivity contribution < 1.29 is 28.7 Å². The summed E-state index contributed by atoms with van der Waals surface area (Å²) in [7, 11) is 0. The molecule has 0 atom stereocenters. The first kappa shape index (κ1) is 22.9. The van der Waals surface area contributed by atoms with Crippen LogP contribution in [0.15, 0.2) is 0 Å². The van der Waals surface area contributed by atoms with Crippen molar-refractivity contribution in [2.24, 2.45) is 5.41 Å². The summed E-state index contributed by atoms with van der Waals surface area (Å²) < 4.78 is 10.4. The summed E-state index contributed by atoms with van der Waals surface area (Å²) >= 11 is 0. The summed E-state index contributed by atoms with van der Waals surface area (Å²) in [4.78, 5) is 47.0. The quantitative estimate of drug-likeness (QED) is 0.612. The maximum absolute atomic E-state index is 11.8. The minimum absolute atomic E-state index is 0.0233. The minimum atomic E-state index is -0.547. The molecule has 8 nitrogen and oxygen atoms in total. The van der Waals surface area contributed by atoms with Crippen molar-refractivity contribution in [3.63, 3.8) is 0 Å². The minimum Gasteiger partial charge on any atom is -0.465 e. The molecular formula is C19H32N2O6. The van der Waals surface area contributed by atoms with Gasteiger partial charge in [0.2, 0.25) is 11.8 Å². The van der Waals surface area contributed by atoms with Crippen LogP contribution in [0.25, 0.3) is 0 Å². The summed E-state index contributed by atoms with van der Waals surface area (Å²) in [5.41, 5.74) is -0.547. The first-order valence-electron chi connectivity index (χ1n) is 9.63. The second kappa shape index (κ2) is 12.3. The standard InChI is InChI=1S/C19H32N2O6/c1-19(2)13-26-17(24)9-7-15(22)20-11-5-3-4-6-12-21-16(23)8-10-18(25)27-14-19/h3-14H2,1-2H3,(H,20,22)(H,21,23). The lowest BCUT2D eigenvalue weighted by Gasteiger charge is -2.23. The van der Waals surface area contributed by atoms with E-state index >= 15 is 0 Å². The van der Waals surface area contributed by atoms with Gasteiger partial charge in [-0.1, -0.05) is 26.7 Å². The van der Waals surface area contributed by atoms with Crippen molar-refractivity contribution in [2.75, 3.05) is 26.3 Å². The number of rotatable bonds is 0. The highest BCUT2D eigenvalue weighted by atomic mass is 16.5. The molecule has 0 aromatic heterocycles. The van der Waals surface area contributed by atoms with E-state index in [9.17, 15) is 19.2 Å². The van der Waals surface area contributed by atoms with E-state index in [-0.39, 0.29) is 50.7 Å². The van der Waals surface area contributed by atoms with Crippen LogP contribution in [0.1, 0.15) is 65.2 Å². The largest absolute Gasteiger partial charge is 0.465 e. The van der Waals surface area contributed by atoms with Crippen molar-refractivity contribution in [3.8, 4) is 0 Å². The third-order valence-electron chi connectivity index (χ3n) is 4.11. The van der Waals surface area contributed by atoms with Crippen LogP contribution in [-0.4, -0.2) is 50.1 Å². The van der Waals surface area contributed by atoms with E-state index in [0.717, 1.165) is 25.7 Å². The zero-order valence-electron chi connectivity index (χ0n) is 16.4. The molecule has 1 rings (SSSR count). The lowest BCUT2D eigenvalue weighted by Crippen LogP contribution is -2.30. The summed E-state index contributed by atoms with van der Waals surface area (Å²) in [5.74, 6) is -1.24. The van der Waals surface area contributed by atoms with Gasteiger partial charge in [0.05, 0.1) is 26.1 Å². The van der Waals surface area contributed by atoms with Crippen molar-refractivity contribution >= 4 is 23.8 Å². The summed E-state index contributed by atoms with van der Waals surface area (Å²) in [5, 5.41) is 5.58. The van der Waals surface area contributed by atoms with E-state index in [4.69, 9.17) is 9.47 Å². The Morgan fingerprint density at radius 3 is 1.48 bits per heavy atom. The van der Waals surface area contributed by atoms with E-state index in [1.807, 2.05) is 13.8 Å². The Hall–Kier alpha value is -2.12. The van der Waals surface area contributed by atoms with Crippen LogP contribution in [0.4, 0.5) is 0 Å². The molecule has 0 radical (unpaired) electrons. The number of hydrogen-bond acceptors (Lipinski definition) is 6. The second-order valence-corrected chi connectivity index (χ2v) is 7.60. The zero-order valence-corrected chi connectivity index (χ0v) is 16.4. The molecule has 0 aromatic carbocycles. The number of hydrogen-bond donors (Lipinski definition) is 2. The molecule has 8 heteroatoms. The third kappa shape index (κ3) is 12.0. The van der Waals surface area contributed by atoms with Gasteiger partial charge < -0.3 is 20.1 Å². The highest BCUT2D eigenvalue weighted by molar-refractivity contribution is 5.81. The SMILES string of the molecule is CC1(C)COC(=O)CCC(=O)NCCCCCCNC(=O)CCC(=O)OC1. The highest BCUT2D eigenvalue weighted by Crippen LogP contribution is 2.17. The van der Waals surface area contributed by atoms with Gasteiger partial charge in [0, 0.05) is 31.3 Å². The molecule has 2 amide bonds. The molecular weight excluding hydrogens is 352 g/mol. The van der Waals surface area contributed by atoms with Crippen LogP contribution in [0.2, 0.25) is 0 Å². The number of ether oxygens (including phenoxy) is 2. The normalized spacial score (nSPS) is 22.4. The molecule has 0 unspecified atom stereocenters. The molecule has 1 heterocycles. The number of carbonyl (C=O) groups excluding carboxylic acids is 4. The molecule has 154 valence electrons. The van der Waals surface area contributed by atoms with E-state index in [0.29, 0.717) is 13.1 Å². The second-order valence-electron chi connectivity index (χ2n) is 7.60. The fourth-order valence-electron chi connectivity index (χ4n) is 2.40. The Morgan fingerprint density at radius 1 is 0.667 bits per heavy atom. The third-order valence-corrected chi connectivity index (χ3v) is 4.11. The first-order valence-corrected chi connectivity index (χ1v) is 9.63. The molecule has 1 aliphatic rings. The van der Waals surface area contributed by atoms with Gasteiger partial charge in [-0.15, -0.1) is 0 Å². The van der Waals surface area contributed by atoms with Crippen LogP contribution < -0.4 is 10.6 Å².